The number of allylic oxidation sites excluding steroid dienone is 5. The number of carboxylic acid groups (broad SMARTS) is 1. The van der Waals surface area contributed by atoms with Crippen molar-refractivity contribution < 1.29 is 9.90 Å². The number of hydrogen-bond donors (Lipinski definition) is 1. The molecule has 0 unspecified atom stereocenters. The van der Waals surface area contributed by atoms with E-state index >= 15 is 0 Å². The smallest absolute Gasteiger partial charge is 0.313 e. The SMILES string of the molecule is C\C=C(C#CC(C)(C)C)/C=C\C(=C/C)C(C)(C)C(=O)O. The van der Waals surface area contributed by atoms with Gasteiger partial charge in [0.15, 0.2) is 0 Å². The van der Waals surface area contributed by atoms with E-state index in [0.717, 1.165) is 11.1 Å². The second-order valence-electron chi connectivity index (χ2n) is 6.25. The van der Waals surface area contributed by atoms with Crippen molar-refractivity contribution in [3.8, 4) is 11.8 Å². The number of rotatable bonds is 4. The van der Waals surface area contributed by atoms with Crippen LogP contribution in [-0.4, -0.2) is 11.1 Å². The molecule has 0 bridgehead atoms. The summed E-state index contributed by atoms with van der Waals surface area (Å²) in [6.45, 7) is 13.3. The van der Waals surface area contributed by atoms with Crippen LogP contribution < -0.4 is 0 Å². The fourth-order valence-electron chi connectivity index (χ4n) is 1.44. The summed E-state index contributed by atoms with van der Waals surface area (Å²) >= 11 is 0. The Kier molecular flexibility index (Phi) is 6.52. The Hall–Kier alpha value is -1.75. The zero-order valence-electron chi connectivity index (χ0n) is 13.7. The van der Waals surface area contributed by atoms with Crippen LogP contribution in [0.25, 0.3) is 0 Å². The lowest BCUT2D eigenvalue weighted by Gasteiger charge is -2.20. The van der Waals surface area contributed by atoms with Gasteiger partial charge in [-0.05, 0) is 60.1 Å². The van der Waals surface area contributed by atoms with Gasteiger partial charge in [0.25, 0.3) is 0 Å². The summed E-state index contributed by atoms with van der Waals surface area (Å²) in [7, 11) is 0. The second-order valence-corrected chi connectivity index (χ2v) is 6.25. The minimum atomic E-state index is -0.901. The van der Waals surface area contributed by atoms with Crippen molar-refractivity contribution in [1.82, 2.24) is 0 Å². The molecule has 20 heavy (non-hydrogen) atoms. The van der Waals surface area contributed by atoms with Gasteiger partial charge < -0.3 is 5.11 Å². The molecular weight excluding hydrogens is 248 g/mol. The van der Waals surface area contributed by atoms with Crippen LogP contribution in [0.5, 0.6) is 0 Å². The highest BCUT2D eigenvalue weighted by Gasteiger charge is 2.29. The van der Waals surface area contributed by atoms with E-state index in [-0.39, 0.29) is 5.41 Å². The van der Waals surface area contributed by atoms with Gasteiger partial charge >= 0.3 is 5.97 Å². The normalized spacial score (nSPS) is 14.2. The third-order valence-corrected chi connectivity index (χ3v) is 2.90. The molecule has 0 aliphatic rings. The van der Waals surface area contributed by atoms with Gasteiger partial charge in [-0.15, -0.1) is 0 Å². The molecule has 110 valence electrons. The lowest BCUT2D eigenvalue weighted by molar-refractivity contribution is -0.144. The molecule has 0 saturated heterocycles. The first kappa shape index (κ1) is 18.2. The molecule has 2 heteroatoms. The van der Waals surface area contributed by atoms with E-state index in [1.807, 2.05) is 38.2 Å². The first-order valence-corrected chi connectivity index (χ1v) is 6.82. The largest absolute Gasteiger partial charge is 0.481 e. The Morgan fingerprint density at radius 1 is 1.00 bits per heavy atom. The molecular formula is C18H26O2. The molecule has 0 atom stereocenters. The quantitative estimate of drug-likeness (QED) is 0.601. The monoisotopic (exact) mass is 274 g/mol. The maximum absolute atomic E-state index is 11.3. The van der Waals surface area contributed by atoms with Crippen LogP contribution in [0.2, 0.25) is 0 Å². The highest BCUT2D eigenvalue weighted by molar-refractivity contribution is 5.78. The lowest BCUT2D eigenvalue weighted by Crippen LogP contribution is -2.25. The second kappa shape index (κ2) is 7.14. The van der Waals surface area contributed by atoms with Gasteiger partial charge in [-0.3, -0.25) is 4.79 Å². The molecule has 0 rings (SSSR count). The molecule has 0 spiro atoms. The molecule has 0 aliphatic heterocycles. The Bertz CT molecular complexity index is 498. The molecule has 0 amide bonds. The minimum Gasteiger partial charge on any atom is -0.481 e. The van der Waals surface area contributed by atoms with Gasteiger partial charge in [-0.1, -0.05) is 30.1 Å². The predicted octanol–water partition coefficient (Wildman–Crippen LogP) is 4.60. The first-order valence-electron chi connectivity index (χ1n) is 6.82. The summed E-state index contributed by atoms with van der Waals surface area (Å²) in [4.78, 5) is 11.3. The van der Waals surface area contributed by atoms with E-state index in [1.54, 1.807) is 13.8 Å². The summed E-state index contributed by atoms with van der Waals surface area (Å²) in [5.41, 5.74) is 0.704. The van der Waals surface area contributed by atoms with Crippen LogP contribution in [0.3, 0.4) is 0 Å². The van der Waals surface area contributed by atoms with E-state index in [9.17, 15) is 9.90 Å². The fraction of sp³-hybridized carbons (Fsp3) is 0.500. The summed E-state index contributed by atoms with van der Waals surface area (Å²) in [5, 5.41) is 9.26. The fourth-order valence-corrected chi connectivity index (χ4v) is 1.44. The van der Waals surface area contributed by atoms with Crippen molar-refractivity contribution >= 4 is 5.97 Å². The first-order chi connectivity index (χ1) is 9.04. The van der Waals surface area contributed by atoms with E-state index in [0.29, 0.717) is 0 Å². The van der Waals surface area contributed by atoms with Crippen molar-refractivity contribution in [2.24, 2.45) is 10.8 Å². The maximum Gasteiger partial charge on any atom is 0.313 e. The van der Waals surface area contributed by atoms with Gasteiger partial charge in [0.2, 0.25) is 0 Å². The molecule has 0 aliphatic carbocycles. The van der Waals surface area contributed by atoms with Crippen LogP contribution in [0.4, 0.5) is 0 Å². The highest BCUT2D eigenvalue weighted by atomic mass is 16.4. The van der Waals surface area contributed by atoms with Crippen LogP contribution in [0, 0.1) is 22.7 Å². The van der Waals surface area contributed by atoms with Crippen molar-refractivity contribution in [1.29, 1.82) is 0 Å². The number of carboxylic acids is 1. The van der Waals surface area contributed by atoms with E-state index < -0.39 is 11.4 Å². The van der Waals surface area contributed by atoms with E-state index in [1.165, 1.54) is 0 Å². The lowest BCUT2D eigenvalue weighted by atomic mass is 9.83. The Morgan fingerprint density at radius 3 is 1.90 bits per heavy atom. The summed E-state index contributed by atoms with van der Waals surface area (Å²) in [5.74, 6) is 5.45. The van der Waals surface area contributed by atoms with Gasteiger partial charge in [0.1, 0.15) is 0 Å². The molecule has 0 aromatic heterocycles. The molecule has 0 saturated carbocycles. The molecule has 0 fully saturated rings. The van der Waals surface area contributed by atoms with Crippen LogP contribution in [0.1, 0.15) is 48.5 Å². The summed E-state index contributed by atoms with van der Waals surface area (Å²) in [6, 6.07) is 0. The molecule has 0 radical (unpaired) electrons. The minimum absolute atomic E-state index is 0.0497. The Morgan fingerprint density at radius 2 is 1.55 bits per heavy atom. The number of aliphatic carboxylic acids is 1. The Balaban J connectivity index is 5.27. The third kappa shape index (κ3) is 5.93. The molecule has 0 heterocycles. The Labute approximate surface area is 123 Å². The highest BCUT2D eigenvalue weighted by Crippen LogP contribution is 2.27. The molecule has 1 N–H and O–H groups in total. The zero-order chi connectivity index (χ0) is 16.0. The van der Waals surface area contributed by atoms with E-state index in [4.69, 9.17) is 0 Å². The maximum atomic E-state index is 11.3. The van der Waals surface area contributed by atoms with Crippen molar-refractivity contribution in [2.45, 2.75) is 48.5 Å². The van der Waals surface area contributed by atoms with Crippen molar-refractivity contribution in [2.75, 3.05) is 0 Å². The van der Waals surface area contributed by atoms with Gasteiger partial charge in [-0.25, -0.2) is 0 Å². The van der Waals surface area contributed by atoms with Crippen LogP contribution in [0.15, 0.2) is 35.5 Å². The van der Waals surface area contributed by atoms with Gasteiger partial charge in [-0.2, -0.15) is 0 Å². The summed E-state index contributed by atoms with van der Waals surface area (Å²) < 4.78 is 0. The number of hydrogen-bond acceptors (Lipinski definition) is 1. The van der Waals surface area contributed by atoms with Crippen LogP contribution >= 0.6 is 0 Å². The summed E-state index contributed by atoms with van der Waals surface area (Å²) in [6.07, 6.45) is 7.46. The molecule has 2 nitrogen and oxygen atoms in total. The van der Waals surface area contributed by atoms with Crippen molar-refractivity contribution in [3.05, 3.63) is 35.5 Å². The molecule has 0 aromatic carbocycles. The average molecular weight is 274 g/mol. The van der Waals surface area contributed by atoms with Crippen LogP contribution in [-0.2, 0) is 4.79 Å². The number of carbonyl (C=O) groups is 1. The topological polar surface area (TPSA) is 37.3 Å². The third-order valence-electron chi connectivity index (χ3n) is 2.90. The standard InChI is InChI=1S/C18H26O2/c1-8-14(12-13-17(3,4)5)10-11-15(9-2)18(6,7)16(19)20/h8-11H,1-7H3,(H,19,20)/b11-10-,14-8+,15-9+. The van der Waals surface area contributed by atoms with Gasteiger partial charge in [0, 0.05) is 11.0 Å². The predicted molar refractivity (Wildman–Crippen MR) is 85.3 cm³/mol. The molecule has 0 aromatic rings. The van der Waals surface area contributed by atoms with E-state index in [2.05, 4.69) is 32.6 Å². The average Bonchev–Trinajstić information content (AvgIpc) is 2.31. The zero-order valence-corrected chi connectivity index (χ0v) is 13.7. The van der Waals surface area contributed by atoms with Gasteiger partial charge in [0.05, 0.1) is 5.41 Å². The van der Waals surface area contributed by atoms with Crippen molar-refractivity contribution in [3.63, 3.8) is 0 Å².